The van der Waals surface area contributed by atoms with E-state index in [0.717, 1.165) is 18.8 Å². The van der Waals surface area contributed by atoms with Gasteiger partial charge in [0.15, 0.2) is 6.54 Å². The van der Waals surface area contributed by atoms with Crippen molar-refractivity contribution in [1.82, 2.24) is 0 Å². The SMILES string of the molecule is CC(C)c1cccc(C(C)C)c1NC(=O)C[NH+]1C[C@@H](C)C[C@H](C)C1. The average molecular weight is 332 g/mol. The van der Waals surface area contributed by atoms with Gasteiger partial charge in [0.2, 0.25) is 0 Å². The minimum Gasteiger partial charge on any atom is -0.327 e. The number of hydrogen-bond donors (Lipinski definition) is 2. The molecule has 0 bridgehead atoms. The molecule has 1 saturated heterocycles. The number of carbonyl (C=O) groups excluding carboxylic acids is 1. The topological polar surface area (TPSA) is 33.5 Å². The van der Waals surface area contributed by atoms with Gasteiger partial charge in [-0.1, -0.05) is 59.7 Å². The molecule has 1 fully saturated rings. The van der Waals surface area contributed by atoms with Gasteiger partial charge in [0, 0.05) is 17.5 Å². The average Bonchev–Trinajstić information content (AvgIpc) is 2.45. The Bertz CT molecular complexity index is 529. The summed E-state index contributed by atoms with van der Waals surface area (Å²) < 4.78 is 0. The van der Waals surface area contributed by atoms with Crippen LogP contribution in [0.4, 0.5) is 5.69 Å². The van der Waals surface area contributed by atoms with Crippen molar-refractivity contribution < 1.29 is 9.69 Å². The van der Waals surface area contributed by atoms with Gasteiger partial charge >= 0.3 is 0 Å². The van der Waals surface area contributed by atoms with Crippen LogP contribution in [0.25, 0.3) is 0 Å². The number of quaternary nitrogens is 1. The molecule has 0 aliphatic carbocycles. The molecule has 2 atom stereocenters. The van der Waals surface area contributed by atoms with E-state index in [1.165, 1.54) is 22.4 Å². The number of nitrogens with one attached hydrogen (secondary N) is 2. The van der Waals surface area contributed by atoms with Crippen LogP contribution in [0.15, 0.2) is 18.2 Å². The fraction of sp³-hybridized carbons (Fsp3) is 0.667. The van der Waals surface area contributed by atoms with E-state index in [1.54, 1.807) is 0 Å². The zero-order valence-electron chi connectivity index (χ0n) is 16.3. The summed E-state index contributed by atoms with van der Waals surface area (Å²) in [5, 5.41) is 3.26. The number of anilines is 1. The molecule has 1 heterocycles. The molecule has 3 heteroatoms. The summed E-state index contributed by atoms with van der Waals surface area (Å²) in [7, 11) is 0. The molecule has 1 amide bonds. The largest absolute Gasteiger partial charge is 0.327 e. The van der Waals surface area contributed by atoms with E-state index >= 15 is 0 Å². The number of likely N-dealkylation sites (tertiary alicyclic amines) is 1. The van der Waals surface area contributed by atoms with E-state index in [9.17, 15) is 4.79 Å². The highest BCUT2D eigenvalue weighted by molar-refractivity contribution is 5.93. The Kier molecular flexibility index (Phi) is 6.45. The summed E-state index contributed by atoms with van der Waals surface area (Å²) in [4.78, 5) is 14.1. The maximum Gasteiger partial charge on any atom is 0.279 e. The summed E-state index contributed by atoms with van der Waals surface area (Å²) in [5.41, 5.74) is 3.53. The molecule has 3 nitrogen and oxygen atoms in total. The fourth-order valence-electron chi connectivity index (χ4n) is 4.17. The van der Waals surface area contributed by atoms with Crippen LogP contribution in [0.3, 0.4) is 0 Å². The summed E-state index contributed by atoms with van der Waals surface area (Å²) in [5.74, 6) is 2.39. The van der Waals surface area contributed by atoms with Crippen molar-refractivity contribution in [2.75, 3.05) is 25.0 Å². The highest BCUT2D eigenvalue weighted by atomic mass is 16.2. The lowest BCUT2D eigenvalue weighted by Crippen LogP contribution is -3.15. The van der Waals surface area contributed by atoms with E-state index in [2.05, 4.69) is 65.1 Å². The molecule has 0 spiro atoms. The van der Waals surface area contributed by atoms with Gasteiger partial charge in [-0.15, -0.1) is 0 Å². The maximum absolute atomic E-state index is 12.7. The molecule has 1 aromatic carbocycles. The number of rotatable bonds is 5. The number of hydrogen-bond acceptors (Lipinski definition) is 1. The summed E-state index contributed by atoms with van der Waals surface area (Å²) in [6.07, 6.45) is 1.29. The van der Waals surface area contributed by atoms with Crippen molar-refractivity contribution in [2.24, 2.45) is 11.8 Å². The first-order chi connectivity index (χ1) is 11.3. The number of amides is 1. The van der Waals surface area contributed by atoms with Gasteiger partial charge in [0.25, 0.3) is 5.91 Å². The van der Waals surface area contributed by atoms with Crippen molar-refractivity contribution in [3.05, 3.63) is 29.3 Å². The van der Waals surface area contributed by atoms with E-state index < -0.39 is 0 Å². The molecule has 1 aliphatic rings. The molecule has 0 aromatic heterocycles. The van der Waals surface area contributed by atoms with Gasteiger partial charge in [-0.2, -0.15) is 0 Å². The zero-order chi connectivity index (χ0) is 17.9. The lowest BCUT2D eigenvalue weighted by atomic mass is 9.91. The summed E-state index contributed by atoms with van der Waals surface area (Å²) >= 11 is 0. The Morgan fingerprint density at radius 1 is 1.08 bits per heavy atom. The molecule has 0 radical (unpaired) electrons. The van der Waals surface area contributed by atoms with E-state index in [4.69, 9.17) is 0 Å². The number of para-hydroxylation sites is 1. The Hall–Kier alpha value is -1.35. The molecule has 0 unspecified atom stereocenters. The molecule has 1 aromatic rings. The molecule has 1 aliphatic heterocycles. The van der Waals surface area contributed by atoms with E-state index in [0.29, 0.717) is 30.2 Å². The maximum atomic E-state index is 12.7. The monoisotopic (exact) mass is 331 g/mol. The van der Waals surface area contributed by atoms with Gasteiger partial charge in [-0.05, 0) is 29.4 Å². The summed E-state index contributed by atoms with van der Waals surface area (Å²) in [6.45, 7) is 16.2. The number of benzene rings is 1. The van der Waals surface area contributed by atoms with Crippen LogP contribution in [-0.2, 0) is 4.79 Å². The smallest absolute Gasteiger partial charge is 0.279 e. The second-order valence-electron chi connectivity index (χ2n) is 8.45. The van der Waals surface area contributed by atoms with Gasteiger partial charge in [0.05, 0.1) is 13.1 Å². The molecule has 24 heavy (non-hydrogen) atoms. The Labute approximate surface area is 147 Å². The Morgan fingerprint density at radius 3 is 2.04 bits per heavy atom. The highest BCUT2D eigenvalue weighted by Gasteiger charge is 2.27. The third-order valence-corrected chi connectivity index (χ3v) is 5.13. The third kappa shape index (κ3) is 4.83. The van der Waals surface area contributed by atoms with Gasteiger partial charge in [-0.25, -0.2) is 0 Å². The second-order valence-corrected chi connectivity index (χ2v) is 8.45. The standard InChI is InChI=1S/C21H34N2O/c1-14(2)18-8-7-9-19(15(3)4)21(18)22-20(24)13-23-11-16(5)10-17(6)12-23/h7-9,14-17H,10-13H2,1-6H3,(H,22,24)/p+1/t16-,17-/m0/s1. The highest BCUT2D eigenvalue weighted by Crippen LogP contribution is 2.32. The van der Waals surface area contributed by atoms with Crippen molar-refractivity contribution >= 4 is 11.6 Å². The quantitative estimate of drug-likeness (QED) is 0.851. The van der Waals surface area contributed by atoms with Crippen LogP contribution in [0, 0.1) is 11.8 Å². The fourth-order valence-corrected chi connectivity index (χ4v) is 4.17. The molecule has 2 N–H and O–H groups in total. The molecule has 0 saturated carbocycles. The van der Waals surface area contributed by atoms with Gasteiger partial charge in [0.1, 0.15) is 0 Å². The van der Waals surface area contributed by atoms with Crippen molar-refractivity contribution in [1.29, 1.82) is 0 Å². The van der Waals surface area contributed by atoms with Crippen LogP contribution in [0.1, 0.15) is 70.9 Å². The third-order valence-electron chi connectivity index (χ3n) is 5.13. The molecule has 2 rings (SSSR count). The van der Waals surface area contributed by atoms with Crippen molar-refractivity contribution in [3.63, 3.8) is 0 Å². The predicted octanol–water partition coefficient (Wildman–Crippen LogP) is 3.43. The van der Waals surface area contributed by atoms with Crippen molar-refractivity contribution in [3.8, 4) is 0 Å². The number of carbonyl (C=O) groups is 1. The van der Waals surface area contributed by atoms with Gasteiger partial charge < -0.3 is 10.2 Å². The number of piperidine rings is 1. The Balaban J connectivity index is 2.13. The molecule has 134 valence electrons. The minimum atomic E-state index is 0.154. The predicted molar refractivity (Wildman–Crippen MR) is 102 cm³/mol. The van der Waals surface area contributed by atoms with Crippen LogP contribution in [0.5, 0.6) is 0 Å². The first-order valence-corrected chi connectivity index (χ1v) is 9.54. The minimum absolute atomic E-state index is 0.154. The molecular weight excluding hydrogens is 296 g/mol. The van der Waals surface area contributed by atoms with E-state index in [-0.39, 0.29) is 5.91 Å². The molecular formula is C21H35N2O+. The van der Waals surface area contributed by atoms with Crippen molar-refractivity contribution in [2.45, 2.75) is 59.8 Å². The van der Waals surface area contributed by atoms with Crippen LogP contribution in [0.2, 0.25) is 0 Å². The van der Waals surface area contributed by atoms with Gasteiger partial charge in [-0.3, -0.25) is 4.79 Å². The normalized spacial score (nSPS) is 24.4. The lowest BCUT2D eigenvalue weighted by molar-refractivity contribution is -0.904. The summed E-state index contributed by atoms with van der Waals surface area (Å²) in [6, 6.07) is 6.40. The van der Waals surface area contributed by atoms with E-state index in [1.807, 2.05) is 0 Å². The first-order valence-electron chi connectivity index (χ1n) is 9.54. The van der Waals surface area contributed by atoms with Crippen LogP contribution in [-0.4, -0.2) is 25.5 Å². The lowest BCUT2D eigenvalue weighted by Gasteiger charge is -2.31. The Morgan fingerprint density at radius 2 is 1.58 bits per heavy atom. The second kappa shape index (κ2) is 8.15. The zero-order valence-corrected chi connectivity index (χ0v) is 16.3. The van der Waals surface area contributed by atoms with Crippen LogP contribution >= 0.6 is 0 Å². The van der Waals surface area contributed by atoms with Crippen LogP contribution < -0.4 is 10.2 Å². The first kappa shape index (κ1) is 19.0.